The molecule has 3 aromatic rings. The van der Waals surface area contributed by atoms with Gasteiger partial charge in [-0.2, -0.15) is 4.98 Å². The molecule has 2 heterocycles. The molecule has 0 spiro atoms. The van der Waals surface area contributed by atoms with Crippen molar-refractivity contribution < 1.29 is 13.9 Å². The molecule has 0 fully saturated rings. The van der Waals surface area contributed by atoms with Gasteiger partial charge < -0.3 is 9.47 Å². The zero-order valence-corrected chi connectivity index (χ0v) is 11.9. The van der Waals surface area contributed by atoms with Gasteiger partial charge in [-0.1, -0.05) is 12.1 Å². The Labute approximate surface area is 121 Å². The van der Waals surface area contributed by atoms with E-state index < -0.39 is 0 Å². The molecule has 108 valence electrons. The number of imidazole rings is 1. The lowest BCUT2D eigenvalue weighted by atomic mass is 10.1. The molecule has 3 rings (SSSR count). The fourth-order valence-corrected chi connectivity index (χ4v) is 2.32. The van der Waals surface area contributed by atoms with Crippen LogP contribution in [-0.4, -0.2) is 28.6 Å². The molecule has 0 saturated carbocycles. The van der Waals surface area contributed by atoms with Crippen LogP contribution in [0, 0.1) is 12.7 Å². The molecule has 5 nitrogen and oxygen atoms in total. The summed E-state index contributed by atoms with van der Waals surface area (Å²) in [6.07, 6.45) is 0. The van der Waals surface area contributed by atoms with Crippen LogP contribution in [0.4, 0.5) is 4.39 Å². The van der Waals surface area contributed by atoms with Gasteiger partial charge in [0.25, 0.3) is 0 Å². The molecule has 2 aromatic heterocycles. The first-order chi connectivity index (χ1) is 10.2. The zero-order chi connectivity index (χ0) is 15.0. The highest BCUT2D eigenvalue weighted by Gasteiger charge is 2.19. The molecule has 0 unspecified atom stereocenters. The second-order valence-corrected chi connectivity index (χ2v) is 4.50. The third-order valence-electron chi connectivity index (χ3n) is 3.26. The van der Waals surface area contributed by atoms with Gasteiger partial charge in [0.2, 0.25) is 17.5 Å². The summed E-state index contributed by atoms with van der Waals surface area (Å²) in [4.78, 5) is 8.64. The monoisotopic (exact) mass is 287 g/mol. The smallest absolute Gasteiger partial charge is 0.240 e. The van der Waals surface area contributed by atoms with Crippen LogP contribution in [0.15, 0.2) is 30.3 Å². The van der Waals surface area contributed by atoms with Gasteiger partial charge in [-0.25, -0.2) is 13.8 Å². The summed E-state index contributed by atoms with van der Waals surface area (Å²) in [5.74, 6) is 0.961. The SMILES string of the molecule is COc1cc(OC)n2c(-c3ccccc3F)c(C)nc2n1. The number of benzene rings is 1. The largest absolute Gasteiger partial charge is 0.482 e. The number of fused-ring (bicyclic) bond motifs is 1. The Bertz CT molecular complexity index is 814. The molecule has 0 radical (unpaired) electrons. The number of aromatic nitrogens is 3. The summed E-state index contributed by atoms with van der Waals surface area (Å²) < 4.78 is 26.3. The summed E-state index contributed by atoms with van der Waals surface area (Å²) in [5, 5.41) is 0. The number of hydrogen-bond acceptors (Lipinski definition) is 4. The van der Waals surface area contributed by atoms with Gasteiger partial charge in [-0.3, -0.25) is 0 Å². The Morgan fingerprint density at radius 1 is 1.10 bits per heavy atom. The van der Waals surface area contributed by atoms with E-state index >= 15 is 0 Å². The van der Waals surface area contributed by atoms with Gasteiger partial charge >= 0.3 is 0 Å². The molecule has 0 aliphatic rings. The summed E-state index contributed by atoms with van der Waals surface area (Å²) in [6.45, 7) is 1.81. The molecule has 0 aliphatic heterocycles. The quantitative estimate of drug-likeness (QED) is 0.743. The lowest BCUT2D eigenvalue weighted by Gasteiger charge is -2.10. The Morgan fingerprint density at radius 2 is 1.86 bits per heavy atom. The van der Waals surface area contributed by atoms with Crippen LogP contribution in [0.1, 0.15) is 5.69 Å². The molecule has 6 heteroatoms. The molecule has 0 saturated heterocycles. The van der Waals surface area contributed by atoms with Gasteiger partial charge in [0, 0.05) is 5.56 Å². The lowest BCUT2D eigenvalue weighted by Crippen LogP contribution is -2.01. The van der Waals surface area contributed by atoms with Crippen molar-refractivity contribution in [1.29, 1.82) is 0 Å². The van der Waals surface area contributed by atoms with Crippen molar-refractivity contribution in [3.8, 4) is 23.0 Å². The van der Waals surface area contributed by atoms with Crippen molar-refractivity contribution in [3.63, 3.8) is 0 Å². The molecule has 0 bridgehead atoms. The number of hydrogen-bond donors (Lipinski definition) is 0. The van der Waals surface area contributed by atoms with E-state index in [2.05, 4.69) is 9.97 Å². The van der Waals surface area contributed by atoms with E-state index in [0.717, 1.165) is 0 Å². The molecule has 21 heavy (non-hydrogen) atoms. The molecule has 0 amide bonds. The van der Waals surface area contributed by atoms with E-state index in [-0.39, 0.29) is 5.82 Å². The average molecular weight is 287 g/mol. The highest BCUT2D eigenvalue weighted by molar-refractivity contribution is 5.68. The van der Waals surface area contributed by atoms with E-state index in [1.165, 1.54) is 20.3 Å². The first-order valence-electron chi connectivity index (χ1n) is 6.38. The number of nitrogens with zero attached hydrogens (tertiary/aromatic N) is 3. The van der Waals surface area contributed by atoms with Gasteiger partial charge in [-0.15, -0.1) is 0 Å². The summed E-state index contributed by atoms with van der Waals surface area (Å²) in [7, 11) is 3.06. The van der Waals surface area contributed by atoms with E-state index in [9.17, 15) is 4.39 Å². The number of halogens is 1. The molecule has 0 atom stereocenters. The molecular weight excluding hydrogens is 273 g/mol. The van der Waals surface area contributed by atoms with Crippen molar-refractivity contribution >= 4 is 5.78 Å². The van der Waals surface area contributed by atoms with Crippen LogP contribution in [0.3, 0.4) is 0 Å². The van der Waals surface area contributed by atoms with Gasteiger partial charge in [0.05, 0.1) is 31.7 Å². The maximum Gasteiger partial charge on any atom is 0.240 e. The maximum atomic E-state index is 14.1. The van der Waals surface area contributed by atoms with Gasteiger partial charge in [0.1, 0.15) is 5.82 Å². The van der Waals surface area contributed by atoms with Crippen molar-refractivity contribution in [2.45, 2.75) is 6.92 Å². The summed E-state index contributed by atoms with van der Waals surface area (Å²) in [6, 6.07) is 8.18. The van der Waals surface area contributed by atoms with Gasteiger partial charge in [-0.05, 0) is 19.1 Å². The average Bonchev–Trinajstić information content (AvgIpc) is 2.82. The number of aryl methyl sites for hydroxylation is 1. The topological polar surface area (TPSA) is 48.7 Å². The van der Waals surface area contributed by atoms with Crippen LogP contribution in [0.25, 0.3) is 17.0 Å². The fraction of sp³-hybridized carbons (Fsp3) is 0.200. The van der Waals surface area contributed by atoms with Crippen molar-refractivity contribution in [2.75, 3.05) is 14.2 Å². The second kappa shape index (κ2) is 5.05. The Morgan fingerprint density at radius 3 is 2.52 bits per heavy atom. The van der Waals surface area contributed by atoms with E-state index in [0.29, 0.717) is 34.5 Å². The maximum absolute atomic E-state index is 14.1. The third kappa shape index (κ3) is 2.08. The van der Waals surface area contributed by atoms with Crippen molar-refractivity contribution in [1.82, 2.24) is 14.4 Å². The number of ether oxygens (including phenoxy) is 2. The molecular formula is C15H14FN3O2. The number of methoxy groups -OCH3 is 2. The molecule has 0 N–H and O–H groups in total. The highest BCUT2D eigenvalue weighted by Crippen LogP contribution is 2.31. The first-order valence-corrected chi connectivity index (χ1v) is 6.38. The lowest BCUT2D eigenvalue weighted by molar-refractivity contribution is 0.370. The van der Waals surface area contributed by atoms with Gasteiger partial charge in [0.15, 0.2) is 0 Å². The minimum absolute atomic E-state index is 0.319. The Hall–Kier alpha value is -2.63. The predicted octanol–water partition coefficient (Wildman–Crippen LogP) is 2.86. The van der Waals surface area contributed by atoms with Crippen LogP contribution in [0.5, 0.6) is 11.8 Å². The second-order valence-electron chi connectivity index (χ2n) is 4.50. The van der Waals surface area contributed by atoms with Crippen LogP contribution in [-0.2, 0) is 0 Å². The first kappa shape index (κ1) is 13.4. The Kier molecular flexibility index (Phi) is 3.21. The van der Waals surface area contributed by atoms with Crippen molar-refractivity contribution in [3.05, 3.63) is 41.8 Å². The van der Waals surface area contributed by atoms with E-state index in [4.69, 9.17) is 9.47 Å². The summed E-state index contributed by atoms with van der Waals surface area (Å²) in [5.41, 5.74) is 1.74. The third-order valence-corrected chi connectivity index (χ3v) is 3.26. The normalized spacial score (nSPS) is 10.9. The molecule has 0 aliphatic carbocycles. The van der Waals surface area contributed by atoms with Crippen LogP contribution in [0.2, 0.25) is 0 Å². The Balaban J connectivity index is 2.38. The molecule has 1 aromatic carbocycles. The minimum Gasteiger partial charge on any atom is -0.482 e. The standard InChI is InChI=1S/C15H14FN3O2/c1-9-14(10-6-4-5-7-11(10)16)19-13(21-3)8-12(20-2)18-15(19)17-9/h4-8H,1-3H3. The minimum atomic E-state index is -0.319. The van der Waals surface area contributed by atoms with E-state index in [1.807, 2.05) is 6.92 Å². The van der Waals surface area contributed by atoms with E-state index in [1.54, 1.807) is 28.7 Å². The highest BCUT2D eigenvalue weighted by atomic mass is 19.1. The van der Waals surface area contributed by atoms with Crippen LogP contribution >= 0.6 is 0 Å². The predicted molar refractivity (Wildman–Crippen MR) is 76.2 cm³/mol. The van der Waals surface area contributed by atoms with Crippen molar-refractivity contribution in [2.24, 2.45) is 0 Å². The zero-order valence-electron chi connectivity index (χ0n) is 11.9. The van der Waals surface area contributed by atoms with Crippen LogP contribution < -0.4 is 9.47 Å². The number of rotatable bonds is 3. The summed E-state index contributed by atoms with van der Waals surface area (Å²) >= 11 is 0. The fourth-order valence-electron chi connectivity index (χ4n) is 2.32.